The Hall–Kier alpha value is -1.72. The number of benzene rings is 1. The second kappa shape index (κ2) is 5.29. The van der Waals surface area contributed by atoms with Gasteiger partial charge in [0, 0.05) is 17.4 Å². The maximum absolute atomic E-state index is 13.0. The van der Waals surface area contributed by atoms with Crippen molar-refractivity contribution < 1.29 is 4.39 Å². The van der Waals surface area contributed by atoms with E-state index >= 15 is 0 Å². The summed E-state index contributed by atoms with van der Waals surface area (Å²) in [4.78, 5) is 4.24. The number of thiocarbonyl (C=S) groups is 1. The third-order valence-corrected chi connectivity index (χ3v) is 2.79. The Bertz CT molecular complexity index is 604. The molecule has 0 unspecified atom stereocenters. The summed E-state index contributed by atoms with van der Waals surface area (Å²) in [7, 11) is 0. The van der Waals surface area contributed by atoms with Gasteiger partial charge in [-0.2, -0.15) is 0 Å². The van der Waals surface area contributed by atoms with Crippen molar-refractivity contribution in [1.82, 2.24) is 4.98 Å². The van der Waals surface area contributed by atoms with Gasteiger partial charge in [0.15, 0.2) is 0 Å². The minimum Gasteiger partial charge on any atom is -0.389 e. The number of nitrogens with two attached hydrogens (primary N) is 1. The number of nitrogens with zero attached hydrogens (tertiary/aromatic N) is 1. The Morgan fingerprint density at radius 1 is 1.39 bits per heavy atom. The van der Waals surface area contributed by atoms with E-state index in [1.807, 2.05) is 0 Å². The normalized spacial score (nSPS) is 10.1. The summed E-state index contributed by atoms with van der Waals surface area (Å²) in [5.41, 5.74) is 7.54. The zero-order chi connectivity index (χ0) is 13.1. The van der Waals surface area contributed by atoms with E-state index in [4.69, 9.17) is 29.6 Å². The standard InChI is InChI=1S/C12H9ClFN3S/c13-9-5-7(1-2-10(9)14)17-11-6-16-4-3-8(11)12(15)18/h1-6,17H,(H2,15,18). The summed E-state index contributed by atoms with van der Waals surface area (Å²) in [6.45, 7) is 0. The van der Waals surface area contributed by atoms with E-state index < -0.39 is 5.82 Å². The monoisotopic (exact) mass is 281 g/mol. The molecule has 18 heavy (non-hydrogen) atoms. The van der Waals surface area contributed by atoms with Crippen molar-refractivity contribution in [3.05, 3.63) is 53.1 Å². The van der Waals surface area contributed by atoms with Gasteiger partial charge in [-0.25, -0.2) is 4.39 Å². The summed E-state index contributed by atoms with van der Waals surface area (Å²) < 4.78 is 13.0. The van der Waals surface area contributed by atoms with Crippen molar-refractivity contribution in [1.29, 1.82) is 0 Å². The van der Waals surface area contributed by atoms with Crippen molar-refractivity contribution in [2.24, 2.45) is 5.73 Å². The first-order valence-electron chi connectivity index (χ1n) is 5.04. The maximum Gasteiger partial charge on any atom is 0.141 e. The summed E-state index contributed by atoms with van der Waals surface area (Å²) in [6, 6.07) is 6.03. The highest BCUT2D eigenvalue weighted by atomic mass is 35.5. The lowest BCUT2D eigenvalue weighted by Gasteiger charge is -2.10. The molecule has 0 aliphatic heterocycles. The van der Waals surface area contributed by atoms with Gasteiger partial charge in [-0.3, -0.25) is 4.98 Å². The molecule has 0 saturated heterocycles. The van der Waals surface area contributed by atoms with Crippen LogP contribution in [0, 0.1) is 5.82 Å². The van der Waals surface area contributed by atoms with Crippen LogP contribution in [0.1, 0.15) is 5.56 Å². The van der Waals surface area contributed by atoms with E-state index in [2.05, 4.69) is 10.3 Å². The number of aromatic nitrogens is 1. The number of pyridine rings is 1. The molecule has 6 heteroatoms. The quantitative estimate of drug-likeness (QED) is 0.848. The van der Waals surface area contributed by atoms with E-state index in [1.165, 1.54) is 12.1 Å². The number of anilines is 2. The van der Waals surface area contributed by atoms with Crippen LogP contribution < -0.4 is 11.1 Å². The Morgan fingerprint density at radius 2 is 2.17 bits per heavy atom. The van der Waals surface area contributed by atoms with Crippen molar-refractivity contribution >= 4 is 40.2 Å². The number of hydrogen-bond acceptors (Lipinski definition) is 3. The Labute approximate surface area is 114 Å². The van der Waals surface area contributed by atoms with Gasteiger partial charge in [0.2, 0.25) is 0 Å². The van der Waals surface area contributed by atoms with E-state index in [0.717, 1.165) is 0 Å². The van der Waals surface area contributed by atoms with Gasteiger partial charge in [0.1, 0.15) is 10.8 Å². The molecular formula is C12H9ClFN3S. The fourth-order valence-electron chi connectivity index (χ4n) is 1.44. The molecule has 0 bridgehead atoms. The minimum absolute atomic E-state index is 0.0424. The average molecular weight is 282 g/mol. The number of hydrogen-bond donors (Lipinski definition) is 2. The molecule has 1 aromatic carbocycles. The first-order chi connectivity index (χ1) is 8.58. The zero-order valence-electron chi connectivity index (χ0n) is 9.15. The molecular weight excluding hydrogens is 273 g/mol. The van der Waals surface area contributed by atoms with E-state index in [9.17, 15) is 4.39 Å². The predicted molar refractivity (Wildman–Crippen MR) is 74.8 cm³/mol. The van der Waals surface area contributed by atoms with Crippen LogP contribution >= 0.6 is 23.8 Å². The lowest BCUT2D eigenvalue weighted by atomic mass is 10.2. The Balaban J connectivity index is 2.34. The zero-order valence-corrected chi connectivity index (χ0v) is 10.7. The van der Waals surface area contributed by atoms with Gasteiger partial charge in [0.25, 0.3) is 0 Å². The second-order valence-electron chi connectivity index (χ2n) is 3.54. The lowest BCUT2D eigenvalue weighted by Crippen LogP contribution is -2.12. The van der Waals surface area contributed by atoms with Crippen LogP contribution in [0.5, 0.6) is 0 Å². The molecule has 3 N–H and O–H groups in total. The Morgan fingerprint density at radius 3 is 2.83 bits per heavy atom. The molecule has 0 aliphatic rings. The minimum atomic E-state index is -0.469. The Kier molecular flexibility index (Phi) is 3.74. The van der Waals surface area contributed by atoms with E-state index in [0.29, 0.717) is 16.9 Å². The van der Waals surface area contributed by atoms with Gasteiger partial charge >= 0.3 is 0 Å². The first kappa shape index (κ1) is 12.7. The van der Waals surface area contributed by atoms with Crippen molar-refractivity contribution in [3.63, 3.8) is 0 Å². The van der Waals surface area contributed by atoms with Crippen LogP contribution in [-0.2, 0) is 0 Å². The number of halogens is 2. The van der Waals surface area contributed by atoms with Crippen LogP contribution in [0.3, 0.4) is 0 Å². The topological polar surface area (TPSA) is 50.9 Å². The largest absolute Gasteiger partial charge is 0.389 e. The van der Waals surface area contributed by atoms with Gasteiger partial charge in [-0.05, 0) is 24.3 Å². The highest BCUT2D eigenvalue weighted by Crippen LogP contribution is 2.24. The van der Waals surface area contributed by atoms with E-state index in [-0.39, 0.29) is 10.0 Å². The van der Waals surface area contributed by atoms with Gasteiger partial charge in [-0.15, -0.1) is 0 Å². The van der Waals surface area contributed by atoms with Crippen molar-refractivity contribution in [2.45, 2.75) is 0 Å². The molecule has 92 valence electrons. The fourth-order valence-corrected chi connectivity index (χ4v) is 1.80. The maximum atomic E-state index is 13.0. The van der Waals surface area contributed by atoms with Gasteiger partial charge in [-0.1, -0.05) is 23.8 Å². The first-order valence-corrected chi connectivity index (χ1v) is 5.82. The molecule has 0 radical (unpaired) electrons. The number of rotatable bonds is 3. The number of nitrogens with one attached hydrogen (secondary N) is 1. The molecule has 0 saturated carbocycles. The SMILES string of the molecule is NC(=S)c1ccncc1Nc1ccc(F)c(Cl)c1. The van der Waals surface area contributed by atoms with Crippen LogP contribution in [0.4, 0.5) is 15.8 Å². The molecule has 1 aromatic heterocycles. The fraction of sp³-hybridized carbons (Fsp3) is 0. The summed E-state index contributed by atoms with van der Waals surface area (Å²) >= 11 is 10.6. The molecule has 2 rings (SSSR count). The molecule has 0 fully saturated rings. The van der Waals surface area contributed by atoms with Crippen LogP contribution in [0.15, 0.2) is 36.7 Å². The second-order valence-corrected chi connectivity index (χ2v) is 4.39. The van der Waals surface area contributed by atoms with Crippen LogP contribution in [0.25, 0.3) is 0 Å². The summed E-state index contributed by atoms with van der Waals surface area (Å²) in [5, 5.41) is 3.08. The average Bonchev–Trinajstić information content (AvgIpc) is 2.34. The highest BCUT2D eigenvalue weighted by molar-refractivity contribution is 7.80. The lowest BCUT2D eigenvalue weighted by molar-refractivity contribution is 0.628. The van der Waals surface area contributed by atoms with Gasteiger partial charge in [0.05, 0.1) is 16.9 Å². The van der Waals surface area contributed by atoms with E-state index in [1.54, 1.807) is 24.5 Å². The third kappa shape index (κ3) is 2.75. The molecule has 1 heterocycles. The molecule has 0 aliphatic carbocycles. The molecule has 0 atom stereocenters. The van der Waals surface area contributed by atoms with Gasteiger partial charge < -0.3 is 11.1 Å². The smallest absolute Gasteiger partial charge is 0.141 e. The van der Waals surface area contributed by atoms with Crippen molar-refractivity contribution in [3.8, 4) is 0 Å². The van der Waals surface area contributed by atoms with Crippen LogP contribution in [-0.4, -0.2) is 9.97 Å². The molecule has 0 spiro atoms. The molecule has 3 nitrogen and oxygen atoms in total. The van der Waals surface area contributed by atoms with Crippen molar-refractivity contribution in [2.75, 3.05) is 5.32 Å². The van der Waals surface area contributed by atoms with Crippen LogP contribution in [0.2, 0.25) is 5.02 Å². The summed E-state index contributed by atoms with van der Waals surface area (Å²) in [6.07, 6.45) is 3.18. The molecule has 2 aromatic rings. The highest BCUT2D eigenvalue weighted by Gasteiger charge is 2.06. The molecule has 0 amide bonds. The predicted octanol–water partition coefficient (Wildman–Crippen LogP) is 3.25. The summed E-state index contributed by atoms with van der Waals surface area (Å²) in [5.74, 6) is -0.469. The third-order valence-electron chi connectivity index (χ3n) is 2.29.